The van der Waals surface area contributed by atoms with Gasteiger partial charge in [-0.2, -0.15) is 0 Å². The molecule has 2 rings (SSSR count). The maximum absolute atomic E-state index is 9.57. The third-order valence-corrected chi connectivity index (χ3v) is 2.82. The summed E-state index contributed by atoms with van der Waals surface area (Å²) >= 11 is 0. The minimum atomic E-state index is -0.615. The number of hydrogen-bond acceptors (Lipinski definition) is 5. The van der Waals surface area contributed by atoms with Crippen molar-refractivity contribution in [3.8, 4) is 5.75 Å². The maximum atomic E-state index is 9.57. The molecule has 0 bridgehead atoms. The van der Waals surface area contributed by atoms with Gasteiger partial charge in [-0.05, 0) is 24.3 Å². The molecule has 3 atom stereocenters. The van der Waals surface area contributed by atoms with Crippen LogP contribution in [-0.4, -0.2) is 42.4 Å². The van der Waals surface area contributed by atoms with Gasteiger partial charge in [-0.3, -0.25) is 0 Å². The second-order valence-corrected chi connectivity index (χ2v) is 4.02. The molecule has 5 heteroatoms. The van der Waals surface area contributed by atoms with E-state index in [1.807, 2.05) is 24.3 Å². The van der Waals surface area contributed by atoms with Crippen molar-refractivity contribution < 1.29 is 19.7 Å². The van der Waals surface area contributed by atoms with Crippen molar-refractivity contribution in [2.45, 2.75) is 24.9 Å². The van der Waals surface area contributed by atoms with Gasteiger partial charge in [0.2, 0.25) is 0 Å². The van der Waals surface area contributed by atoms with Gasteiger partial charge in [0.15, 0.2) is 0 Å². The molecular weight excluding hydrogens is 222 g/mol. The zero-order valence-corrected chi connectivity index (χ0v) is 9.67. The second kappa shape index (κ2) is 5.35. The zero-order valence-electron chi connectivity index (χ0n) is 9.67. The van der Waals surface area contributed by atoms with Crippen LogP contribution in [0.3, 0.4) is 0 Å². The molecule has 1 aromatic rings. The van der Waals surface area contributed by atoms with E-state index in [0.717, 1.165) is 11.4 Å². The minimum absolute atomic E-state index is 0.165. The van der Waals surface area contributed by atoms with Crippen LogP contribution in [0.4, 0.5) is 5.69 Å². The van der Waals surface area contributed by atoms with Crippen LogP contribution >= 0.6 is 0 Å². The van der Waals surface area contributed by atoms with Gasteiger partial charge in [0.1, 0.15) is 18.1 Å². The fraction of sp³-hybridized carbons (Fsp3) is 0.500. The Morgan fingerprint density at radius 1 is 1.41 bits per heavy atom. The molecule has 0 spiro atoms. The zero-order chi connectivity index (χ0) is 12.3. The highest BCUT2D eigenvalue weighted by Crippen LogP contribution is 2.23. The summed E-state index contributed by atoms with van der Waals surface area (Å²) in [5, 5.41) is 21.7. The number of rotatable bonds is 4. The lowest BCUT2D eigenvalue weighted by Gasteiger charge is -2.15. The first-order chi connectivity index (χ1) is 8.22. The van der Waals surface area contributed by atoms with E-state index < -0.39 is 12.2 Å². The molecule has 1 fully saturated rings. The molecule has 1 aliphatic rings. The predicted octanol–water partition coefficient (Wildman–Crippen LogP) is 0.575. The average Bonchev–Trinajstić information content (AvgIpc) is 2.70. The lowest BCUT2D eigenvalue weighted by Crippen LogP contribution is -2.25. The number of anilines is 1. The molecule has 3 N–H and O–H groups in total. The number of aliphatic hydroxyl groups excluding tert-OH is 2. The monoisotopic (exact) mass is 239 g/mol. The second-order valence-electron chi connectivity index (χ2n) is 4.02. The average molecular weight is 239 g/mol. The fourth-order valence-electron chi connectivity index (χ4n) is 1.86. The summed E-state index contributed by atoms with van der Waals surface area (Å²) in [7, 11) is 1.62. The van der Waals surface area contributed by atoms with Crippen molar-refractivity contribution in [1.82, 2.24) is 0 Å². The lowest BCUT2D eigenvalue weighted by molar-refractivity contribution is -0.0149. The Labute approximate surface area is 100.0 Å². The van der Waals surface area contributed by atoms with Crippen molar-refractivity contribution in [2.75, 3.05) is 19.0 Å². The SMILES string of the molecule is COc1ccc(N[C@H]2C[C@@H](O)[C@H](CO)O2)cc1. The van der Waals surface area contributed by atoms with Crippen molar-refractivity contribution in [2.24, 2.45) is 0 Å². The number of aliphatic hydroxyl groups is 2. The summed E-state index contributed by atoms with van der Waals surface area (Å²) < 4.78 is 10.5. The number of nitrogens with one attached hydrogen (secondary N) is 1. The Morgan fingerprint density at radius 2 is 2.12 bits per heavy atom. The summed E-state index contributed by atoms with van der Waals surface area (Å²) in [5.74, 6) is 0.788. The molecule has 17 heavy (non-hydrogen) atoms. The molecule has 0 aliphatic carbocycles. The first-order valence-electron chi connectivity index (χ1n) is 5.58. The summed E-state index contributed by atoms with van der Waals surface area (Å²) in [6.07, 6.45) is -0.908. The highest BCUT2D eigenvalue weighted by Gasteiger charge is 2.33. The van der Waals surface area contributed by atoms with Gasteiger partial charge in [-0.25, -0.2) is 0 Å². The van der Waals surface area contributed by atoms with Crippen LogP contribution in [0.2, 0.25) is 0 Å². The quantitative estimate of drug-likeness (QED) is 0.716. The molecule has 5 nitrogen and oxygen atoms in total. The van der Waals surface area contributed by atoms with Crippen molar-refractivity contribution >= 4 is 5.69 Å². The van der Waals surface area contributed by atoms with Crippen molar-refractivity contribution in [3.63, 3.8) is 0 Å². The van der Waals surface area contributed by atoms with Crippen LogP contribution < -0.4 is 10.1 Å². The van der Waals surface area contributed by atoms with E-state index in [1.54, 1.807) is 7.11 Å². The van der Waals surface area contributed by atoms with Gasteiger partial charge in [0.25, 0.3) is 0 Å². The smallest absolute Gasteiger partial charge is 0.130 e. The Kier molecular flexibility index (Phi) is 3.83. The van der Waals surface area contributed by atoms with E-state index in [1.165, 1.54) is 0 Å². The van der Waals surface area contributed by atoms with Gasteiger partial charge >= 0.3 is 0 Å². The van der Waals surface area contributed by atoms with Crippen LogP contribution in [0.1, 0.15) is 6.42 Å². The molecule has 1 saturated heterocycles. The van der Waals surface area contributed by atoms with E-state index in [2.05, 4.69) is 5.32 Å². The standard InChI is InChI=1S/C12H17NO4/c1-16-9-4-2-8(3-5-9)13-12-6-10(15)11(7-14)17-12/h2-5,10-15H,6-7H2,1H3/t10-,11+,12-/m1/s1. The number of methoxy groups -OCH3 is 1. The largest absolute Gasteiger partial charge is 0.497 e. The van der Waals surface area contributed by atoms with Crippen LogP contribution in [0, 0.1) is 0 Å². The third-order valence-electron chi connectivity index (χ3n) is 2.82. The molecule has 94 valence electrons. The lowest BCUT2D eigenvalue weighted by atomic mass is 10.2. The van der Waals surface area contributed by atoms with Crippen molar-refractivity contribution in [3.05, 3.63) is 24.3 Å². The van der Waals surface area contributed by atoms with Crippen LogP contribution in [0.25, 0.3) is 0 Å². The van der Waals surface area contributed by atoms with Crippen molar-refractivity contribution in [1.29, 1.82) is 0 Å². The van der Waals surface area contributed by atoms with Crippen LogP contribution in [0.15, 0.2) is 24.3 Å². The Balaban J connectivity index is 1.93. The van der Waals surface area contributed by atoms with Gasteiger partial charge in [-0.1, -0.05) is 0 Å². The third kappa shape index (κ3) is 2.88. The maximum Gasteiger partial charge on any atom is 0.130 e. The van der Waals surface area contributed by atoms with Gasteiger partial charge < -0.3 is 25.0 Å². The molecule has 0 amide bonds. The van der Waals surface area contributed by atoms with Gasteiger partial charge in [-0.15, -0.1) is 0 Å². The first kappa shape index (κ1) is 12.2. The number of benzene rings is 1. The predicted molar refractivity (Wildman–Crippen MR) is 63.0 cm³/mol. The molecule has 1 aromatic carbocycles. The molecule has 0 unspecified atom stereocenters. The summed E-state index contributed by atoms with van der Waals surface area (Å²) in [4.78, 5) is 0. The first-order valence-corrected chi connectivity index (χ1v) is 5.58. The Morgan fingerprint density at radius 3 is 2.65 bits per heavy atom. The fourth-order valence-corrected chi connectivity index (χ4v) is 1.86. The van der Waals surface area contributed by atoms with Crippen LogP contribution in [-0.2, 0) is 4.74 Å². The van der Waals surface area contributed by atoms with E-state index in [4.69, 9.17) is 14.6 Å². The van der Waals surface area contributed by atoms with Crippen LogP contribution in [0.5, 0.6) is 5.75 Å². The van der Waals surface area contributed by atoms with E-state index in [0.29, 0.717) is 6.42 Å². The normalized spacial score (nSPS) is 28.1. The minimum Gasteiger partial charge on any atom is -0.497 e. The highest BCUT2D eigenvalue weighted by atomic mass is 16.5. The highest BCUT2D eigenvalue weighted by molar-refractivity contribution is 5.46. The Hall–Kier alpha value is -1.30. The molecule has 1 aliphatic heterocycles. The summed E-state index contributed by atoms with van der Waals surface area (Å²) in [6, 6.07) is 7.44. The number of hydrogen-bond donors (Lipinski definition) is 3. The summed E-state index contributed by atoms with van der Waals surface area (Å²) in [6.45, 7) is -0.165. The summed E-state index contributed by atoms with van der Waals surface area (Å²) in [5.41, 5.74) is 0.890. The topological polar surface area (TPSA) is 71.0 Å². The number of ether oxygens (including phenoxy) is 2. The molecule has 0 radical (unpaired) electrons. The van der Waals surface area contributed by atoms with Gasteiger partial charge in [0.05, 0.1) is 19.8 Å². The molecule has 1 heterocycles. The van der Waals surface area contributed by atoms with E-state index in [-0.39, 0.29) is 12.8 Å². The van der Waals surface area contributed by atoms with Gasteiger partial charge in [0, 0.05) is 12.1 Å². The van der Waals surface area contributed by atoms with E-state index in [9.17, 15) is 5.11 Å². The molecule has 0 saturated carbocycles. The Bertz CT molecular complexity index is 354. The van der Waals surface area contributed by atoms with E-state index >= 15 is 0 Å². The molecular formula is C12H17NO4. The molecule has 0 aromatic heterocycles.